The molecule has 4 rings (SSSR count). The zero-order valence-corrected chi connectivity index (χ0v) is 19.5. The molecule has 2 aliphatic rings. The van der Waals surface area contributed by atoms with E-state index in [2.05, 4.69) is 34.9 Å². The van der Waals surface area contributed by atoms with Crippen LogP contribution in [0, 0.1) is 11.8 Å². The van der Waals surface area contributed by atoms with Crippen LogP contribution in [0.3, 0.4) is 0 Å². The third-order valence-corrected chi connectivity index (χ3v) is 6.97. The van der Waals surface area contributed by atoms with E-state index in [4.69, 9.17) is 9.84 Å². The van der Waals surface area contributed by atoms with Gasteiger partial charge in [0, 0.05) is 24.4 Å². The lowest BCUT2D eigenvalue weighted by atomic mass is 9.78. The molecule has 34 heavy (non-hydrogen) atoms. The molecule has 1 saturated carbocycles. The second-order valence-electron chi connectivity index (χ2n) is 9.36. The van der Waals surface area contributed by atoms with E-state index in [1.54, 1.807) is 6.92 Å². The quantitative estimate of drug-likeness (QED) is 0.540. The first kappa shape index (κ1) is 23.8. The van der Waals surface area contributed by atoms with Gasteiger partial charge in [-0.1, -0.05) is 61.4 Å². The van der Waals surface area contributed by atoms with E-state index >= 15 is 0 Å². The van der Waals surface area contributed by atoms with Crippen molar-refractivity contribution in [2.75, 3.05) is 13.2 Å². The fraction of sp³-hybridized carbons (Fsp3) is 0.444. The minimum absolute atomic E-state index is 0.00193. The Balaban J connectivity index is 1.31. The zero-order chi connectivity index (χ0) is 24.1. The first-order valence-corrected chi connectivity index (χ1v) is 12.0. The van der Waals surface area contributed by atoms with Crippen molar-refractivity contribution < 1.29 is 24.2 Å². The first-order valence-electron chi connectivity index (χ1n) is 12.0. The summed E-state index contributed by atoms with van der Waals surface area (Å²) in [7, 11) is 0. The standard InChI is InChI=1S/C27H32N2O5/c1-17(14-25(30)31)29-26(32)19-9-3-2-8-18(19)15-28-27(33)34-16-24-22-12-6-4-10-20(22)21-11-5-7-13-23(21)24/h4-7,10-13,17-19,24H,2-3,8-9,14-16H2,1H3,(H,28,33)(H,29,32)(H,30,31)/t17-,18+,19+/m1/s1. The van der Waals surface area contributed by atoms with Crippen molar-refractivity contribution in [3.05, 3.63) is 59.7 Å². The van der Waals surface area contributed by atoms with Crippen LogP contribution in [0.4, 0.5) is 4.79 Å². The SMILES string of the molecule is C[C@H](CC(=O)O)NC(=O)[C@H]1CCCC[C@H]1CNC(=O)OCC1c2ccccc2-c2ccccc21. The molecular formula is C27H32N2O5. The molecule has 0 bridgehead atoms. The van der Waals surface area contributed by atoms with Crippen LogP contribution >= 0.6 is 0 Å². The second kappa shape index (κ2) is 10.7. The summed E-state index contributed by atoms with van der Waals surface area (Å²) in [5, 5.41) is 14.6. The number of nitrogens with one attached hydrogen (secondary N) is 2. The number of carbonyl (C=O) groups is 3. The number of hydrogen-bond acceptors (Lipinski definition) is 4. The van der Waals surface area contributed by atoms with Crippen LogP contribution in [0.5, 0.6) is 0 Å². The maximum absolute atomic E-state index is 12.7. The summed E-state index contributed by atoms with van der Waals surface area (Å²) in [6.07, 6.45) is 2.95. The van der Waals surface area contributed by atoms with Gasteiger partial charge in [-0.2, -0.15) is 0 Å². The fourth-order valence-electron chi connectivity index (χ4n) is 5.32. The molecule has 0 unspecified atom stereocenters. The molecule has 2 aromatic carbocycles. The molecule has 0 radical (unpaired) electrons. The molecule has 7 heteroatoms. The van der Waals surface area contributed by atoms with Crippen molar-refractivity contribution in [3.63, 3.8) is 0 Å². The molecule has 180 valence electrons. The lowest BCUT2D eigenvalue weighted by molar-refractivity contribution is -0.137. The van der Waals surface area contributed by atoms with Crippen LogP contribution in [0.25, 0.3) is 11.1 Å². The van der Waals surface area contributed by atoms with Crippen LogP contribution < -0.4 is 10.6 Å². The van der Waals surface area contributed by atoms with Crippen LogP contribution in [-0.4, -0.2) is 42.3 Å². The van der Waals surface area contributed by atoms with Crippen molar-refractivity contribution in [2.24, 2.45) is 11.8 Å². The van der Waals surface area contributed by atoms with Gasteiger partial charge in [0.05, 0.1) is 6.42 Å². The zero-order valence-electron chi connectivity index (χ0n) is 19.5. The minimum atomic E-state index is -0.940. The number of benzene rings is 2. The van der Waals surface area contributed by atoms with E-state index < -0.39 is 18.1 Å². The largest absolute Gasteiger partial charge is 0.481 e. The van der Waals surface area contributed by atoms with Gasteiger partial charge in [0.1, 0.15) is 6.61 Å². The predicted octanol–water partition coefficient (Wildman–Crippen LogP) is 4.31. The number of alkyl carbamates (subject to hydrolysis) is 1. The normalized spacial score (nSPS) is 20.0. The topological polar surface area (TPSA) is 105 Å². The van der Waals surface area contributed by atoms with Crippen LogP contribution in [-0.2, 0) is 14.3 Å². The highest BCUT2D eigenvalue weighted by Crippen LogP contribution is 2.44. The highest BCUT2D eigenvalue weighted by atomic mass is 16.5. The number of aliphatic carboxylic acids is 1. The van der Waals surface area contributed by atoms with Gasteiger partial charge in [-0.15, -0.1) is 0 Å². The van der Waals surface area contributed by atoms with E-state index in [1.165, 1.54) is 11.1 Å². The number of rotatable bonds is 8. The Kier molecular flexibility index (Phi) is 7.50. The molecule has 2 amide bonds. The summed E-state index contributed by atoms with van der Waals surface area (Å²) in [6.45, 7) is 2.31. The van der Waals surface area contributed by atoms with Crippen molar-refractivity contribution in [3.8, 4) is 11.1 Å². The summed E-state index contributed by atoms with van der Waals surface area (Å²) in [5.41, 5.74) is 4.69. The Bertz CT molecular complexity index is 1010. The summed E-state index contributed by atoms with van der Waals surface area (Å²) < 4.78 is 5.62. The molecule has 2 aliphatic carbocycles. The maximum atomic E-state index is 12.7. The molecule has 0 aromatic heterocycles. The number of fused-ring (bicyclic) bond motifs is 3. The monoisotopic (exact) mass is 464 g/mol. The number of amides is 2. The number of ether oxygens (including phenoxy) is 1. The van der Waals surface area contributed by atoms with E-state index in [0.29, 0.717) is 6.54 Å². The summed E-state index contributed by atoms with van der Waals surface area (Å²) in [4.78, 5) is 36.2. The molecule has 0 spiro atoms. The second-order valence-corrected chi connectivity index (χ2v) is 9.36. The average Bonchev–Trinajstić information content (AvgIpc) is 3.14. The number of carboxylic acid groups (broad SMARTS) is 1. The van der Waals surface area contributed by atoms with Gasteiger partial charge in [-0.25, -0.2) is 4.79 Å². The Morgan fingerprint density at radius 3 is 2.26 bits per heavy atom. The van der Waals surface area contributed by atoms with E-state index in [1.807, 2.05) is 24.3 Å². The number of carboxylic acids is 1. The number of hydrogen-bond donors (Lipinski definition) is 3. The lowest BCUT2D eigenvalue weighted by Gasteiger charge is -2.31. The third-order valence-electron chi connectivity index (χ3n) is 6.97. The Hall–Kier alpha value is -3.35. The molecular weight excluding hydrogens is 432 g/mol. The van der Waals surface area contributed by atoms with Crippen LogP contribution in [0.1, 0.15) is 56.1 Å². The van der Waals surface area contributed by atoms with E-state index in [0.717, 1.165) is 36.8 Å². The fourth-order valence-corrected chi connectivity index (χ4v) is 5.32. The summed E-state index contributed by atoms with van der Waals surface area (Å²) in [6, 6.07) is 16.0. The predicted molar refractivity (Wildman–Crippen MR) is 128 cm³/mol. The Morgan fingerprint density at radius 1 is 1.00 bits per heavy atom. The van der Waals surface area contributed by atoms with Gasteiger partial charge in [-0.05, 0) is 47.9 Å². The third kappa shape index (κ3) is 5.41. The smallest absolute Gasteiger partial charge is 0.407 e. The van der Waals surface area contributed by atoms with Gasteiger partial charge in [0.15, 0.2) is 0 Å². The highest BCUT2D eigenvalue weighted by molar-refractivity contribution is 5.80. The molecule has 1 fully saturated rings. The molecule has 3 atom stereocenters. The highest BCUT2D eigenvalue weighted by Gasteiger charge is 2.33. The van der Waals surface area contributed by atoms with Gasteiger partial charge in [-0.3, -0.25) is 9.59 Å². The average molecular weight is 465 g/mol. The Labute approximate surface area is 199 Å². The van der Waals surface area contributed by atoms with Crippen LogP contribution in [0.2, 0.25) is 0 Å². The molecule has 0 heterocycles. The van der Waals surface area contributed by atoms with Gasteiger partial charge in [0.2, 0.25) is 5.91 Å². The van der Waals surface area contributed by atoms with Crippen molar-refractivity contribution >= 4 is 18.0 Å². The first-order chi connectivity index (χ1) is 16.4. The summed E-state index contributed by atoms with van der Waals surface area (Å²) in [5.74, 6) is -1.30. The minimum Gasteiger partial charge on any atom is -0.481 e. The van der Waals surface area contributed by atoms with Crippen molar-refractivity contribution in [1.82, 2.24) is 10.6 Å². The molecule has 0 saturated heterocycles. The lowest BCUT2D eigenvalue weighted by Crippen LogP contribution is -2.44. The number of carbonyl (C=O) groups excluding carboxylic acids is 2. The molecule has 7 nitrogen and oxygen atoms in total. The van der Waals surface area contributed by atoms with E-state index in [-0.39, 0.29) is 36.7 Å². The van der Waals surface area contributed by atoms with E-state index in [9.17, 15) is 14.4 Å². The Morgan fingerprint density at radius 2 is 1.62 bits per heavy atom. The van der Waals surface area contributed by atoms with Crippen LogP contribution in [0.15, 0.2) is 48.5 Å². The molecule has 2 aromatic rings. The van der Waals surface area contributed by atoms with Crippen molar-refractivity contribution in [2.45, 2.75) is 51.0 Å². The van der Waals surface area contributed by atoms with Gasteiger partial charge >= 0.3 is 12.1 Å². The summed E-state index contributed by atoms with van der Waals surface area (Å²) >= 11 is 0. The van der Waals surface area contributed by atoms with Gasteiger partial charge in [0.25, 0.3) is 0 Å². The molecule has 0 aliphatic heterocycles. The van der Waals surface area contributed by atoms with Crippen molar-refractivity contribution in [1.29, 1.82) is 0 Å². The molecule has 3 N–H and O–H groups in total. The maximum Gasteiger partial charge on any atom is 0.407 e. The van der Waals surface area contributed by atoms with Gasteiger partial charge < -0.3 is 20.5 Å².